The molecule has 4 nitrogen and oxygen atoms in total. The third kappa shape index (κ3) is 1.37. The molecule has 0 aromatic heterocycles. The number of nitrogens with zero attached hydrogens (tertiary/aromatic N) is 2. The van der Waals surface area contributed by atoms with Crippen molar-refractivity contribution in [2.24, 2.45) is 0 Å². The van der Waals surface area contributed by atoms with Crippen LogP contribution in [0.15, 0.2) is 24.3 Å². The Hall–Kier alpha value is -1.26. The second-order valence-corrected chi connectivity index (χ2v) is 4.60. The van der Waals surface area contributed by atoms with E-state index in [2.05, 4.69) is 21.9 Å². The summed E-state index contributed by atoms with van der Waals surface area (Å²) >= 11 is 0. The number of fused-ring (bicyclic) bond motifs is 1. The fourth-order valence-electron chi connectivity index (χ4n) is 2.69. The van der Waals surface area contributed by atoms with Crippen LogP contribution in [0.3, 0.4) is 0 Å². The molecule has 0 aliphatic carbocycles. The minimum Gasteiger partial charge on any atom is -0.399 e. The maximum absolute atomic E-state index is 8.87. The molecule has 2 aliphatic rings. The molecule has 2 aliphatic heterocycles. The highest BCUT2D eigenvalue weighted by Gasteiger charge is 2.50. The average Bonchev–Trinajstić information content (AvgIpc) is 2.27. The quantitative estimate of drug-likeness (QED) is 0.710. The van der Waals surface area contributed by atoms with E-state index in [-0.39, 0.29) is 6.61 Å². The zero-order valence-corrected chi connectivity index (χ0v) is 9.21. The largest absolute Gasteiger partial charge is 0.399 e. The lowest BCUT2D eigenvalue weighted by Gasteiger charge is -2.63. The monoisotopic (exact) mass is 219 g/mol. The molecule has 1 aromatic carbocycles. The number of piperazine rings is 1. The van der Waals surface area contributed by atoms with Gasteiger partial charge in [-0.3, -0.25) is 4.90 Å². The first kappa shape index (κ1) is 9.93. The summed E-state index contributed by atoms with van der Waals surface area (Å²) in [6.07, 6.45) is 0. The van der Waals surface area contributed by atoms with Gasteiger partial charge in [0.05, 0.1) is 12.6 Å². The van der Waals surface area contributed by atoms with Crippen LogP contribution in [0.2, 0.25) is 0 Å². The average molecular weight is 219 g/mol. The lowest BCUT2D eigenvalue weighted by molar-refractivity contribution is -0.000211. The molecule has 2 atom stereocenters. The molecule has 3 N–H and O–H groups in total. The Bertz CT molecular complexity index is 378. The standard InChI is InChI=1S/C12H17N3O/c13-9-1-3-10(4-2-9)15-8-11-12(15)7-14(11)5-6-16/h1-4,11-12,16H,5-8,13H2. The third-order valence-corrected chi connectivity index (χ3v) is 3.73. The van der Waals surface area contributed by atoms with Crippen LogP contribution in [0.1, 0.15) is 0 Å². The Kier molecular flexibility index (Phi) is 2.26. The van der Waals surface area contributed by atoms with Crippen molar-refractivity contribution in [1.29, 1.82) is 0 Å². The van der Waals surface area contributed by atoms with E-state index in [1.165, 1.54) is 5.69 Å². The molecule has 2 unspecified atom stereocenters. The van der Waals surface area contributed by atoms with Crippen molar-refractivity contribution in [2.45, 2.75) is 12.1 Å². The number of likely N-dealkylation sites (tertiary alicyclic amines) is 1. The minimum absolute atomic E-state index is 0.269. The number of aliphatic hydroxyl groups is 1. The summed E-state index contributed by atoms with van der Waals surface area (Å²) in [5.74, 6) is 0. The van der Waals surface area contributed by atoms with Gasteiger partial charge in [0.1, 0.15) is 0 Å². The molecule has 0 radical (unpaired) electrons. The summed E-state index contributed by atoms with van der Waals surface area (Å²) in [7, 11) is 0. The molecule has 4 heteroatoms. The molecule has 0 amide bonds. The summed E-state index contributed by atoms with van der Waals surface area (Å²) in [6.45, 7) is 3.24. The van der Waals surface area contributed by atoms with E-state index in [0.717, 1.165) is 25.3 Å². The number of nitrogen functional groups attached to an aromatic ring is 1. The van der Waals surface area contributed by atoms with Crippen molar-refractivity contribution < 1.29 is 5.11 Å². The lowest BCUT2D eigenvalue weighted by atomic mass is 9.85. The number of hydrogen-bond donors (Lipinski definition) is 2. The zero-order chi connectivity index (χ0) is 11.1. The van der Waals surface area contributed by atoms with Crippen LogP contribution in [0, 0.1) is 0 Å². The number of benzene rings is 1. The Morgan fingerprint density at radius 1 is 1.19 bits per heavy atom. The molecule has 0 spiro atoms. The summed E-state index contributed by atoms with van der Waals surface area (Å²) in [5, 5.41) is 8.87. The molecule has 0 saturated carbocycles. The molecule has 2 heterocycles. The van der Waals surface area contributed by atoms with Crippen molar-refractivity contribution in [3.8, 4) is 0 Å². The number of rotatable bonds is 3. The van der Waals surface area contributed by atoms with Crippen LogP contribution < -0.4 is 10.6 Å². The fraction of sp³-hybridized carbons (Fsp3) is 0.500. The lowest BCUT2D eigenvalue weighted by Crippen LogP contribution is -2.79. The zero-order valence-electron chi connectivity index (χ0n) is 9.21. The second-order valence-electron chi connectivity index (χ2n) is 4.60. The van der Waals surface area contributed by atoms with Crippen molar-refractivity contribution in [3.63, 3.8) is 0 Å². The van der Waals surface area contributed by atoms with E-state index in [1.54, 1.807) is 0 Å². The van der Waals surface area contributed by atoms with E-state index in [9.17, 15) is 0 Å². The highest BCUT2D eigenvalue weighted by atomic mass is 16.3. The number of anilines is 2. The molecular weight excluding hydrogens is 202 g/mol. The maximum Gasteiger partial charge on any atom is 0.0590 e. The highest BCUT2D eigenvalue weighted by Crippen LogP contribution is 2.37. The predicted octanol–water partition coefficient (Wildman–Crippen LogP) is 0.134. The van der Waals surface area contributed by atoms with Gasteiger partial charge in [-0.25, -0.2) is 0 Å². The molecule has 2 saturated heterocycles. The Morgan fingerprint density at radius 2 is 1.94 bits per heavy atom. The molecule has 86 valence electrons. The van der Waals surface area contributed by atoms with Crippen LogP contribution in [0.25, 0.3) is 0 Å². The van der Waals surface area contributed by atoms with E-state index in [0.29, 0.717) is 12.1 Å². The number of nitrogens with two attached hydrogens (primary N) is 1. The predicted molar refractivity (Wildman–Crippen MR) is 64.4 cm³/mol. The van der Waals surface area contributed by atoms with Crippen LogP contribution in [0.5, 0.6) is 0 Å². The summed E-state index contributed by atoms with van der Waals surface area (Å²) in [6, 6.07) is 9.38. The minimum atomic E-state index is 0.269. The maximum atomic E-state index is 8.87. The highest BCUT2D eigenvalue weighted by molar-refractivity contribution is 5.57. The van der Waals surface area contributed by atoms with Gasteiger partial charge < -0.3 is 15.7 Å². The normalized spacial score (nSPS) is 28.2. The summed E-state index contributed by atoms with van der Waals surface area (Å²) in [5.41, 5.74) is 7.75. The van der Waals surface area contributed by atoms with Gasteiger partial charge in [0.2, 0.25) is 0 Å². The smallest absolute Gasteiger partial charge is 0.0590 e. The first-order chi connectivity index (χ1) is 7.79. The molecule has 2 fully saturated rings. The molecule has 0 bridgehead atoms. The Labute approximate surface area is 95.3 Å². The second kappa shape index (κ2) is 3.64. The van der Waals surface area contributed by atoms with Gasteiger partial charge in [-0.05, 0) is 24.3 Å². The van der Waals surface area contributed by atoms with Gasteiger partial charge in [0.15, 0.2) is 0 Å². The van der Waals surface area contributed by atoms with Crippen molar-refractivity contribution in [2.75, 3.05) is 36.9 Å². The first-order valence-corrected chi connectivity index (χ1v) is 5.76. The van der Waals surface area contributed by atoms with Gasteiger partial charge in [-0.15, -0.1) is 0 Å². The Balaban J connectivity index is 1.63. The molecule has 3 rings (SSSR count). The van der Waals surface area contributed by atoms with Gasteiger partial charge >= 0.3 is 0 Å². The molecule has 1 aromatic rings. The Morgan fingerprint density at radius 3 is 2.50 bits per heavy atom. The SMILES string of the molecule is Nc1ccc(N2CC3C2CN3CCO)cc1. The number of β-amino-alcohol motifs (C(OH)–C–C–N with tert-alkyl or cyclic N) is 1. The van der Waals surface area contributed by atoms with E-state index in [4.69, 9.17) is 10.8 Å². The van der Waals surface area contributed by atoms with Crippen LogP contribution in [-0.4, -0.2) is 48.3 Å². The molecular formula is C12H17N3O. The molecule has 16 heavy (non-hydrogen) atoms. The van der Waals surface area contributed by atoms with Gasteiger partial charge in [-0.1, -0.05) is 0 Å². The van der Waals surface area contributed by atoms with Crippen LogP contribution >= 0.6 is 0 Å². The van der Waals surface area contributed by atoms with E-state index < -0.39 is 0 Å². The first-order valence-electron chi connectivity index (χ1n) is 5.76. The number of aliphatic hydroxyl groups excluding tert-OH is 1. The number of hydrogen-bond acceptors (Lipinski definition) is 4. The fourth-order valence-corrected chi connectivity index (χ4v) is 2.69. The van der Waals surface area contributed by atoms with Crippen LogP contribution in [0.4, 0.5) is 11.4 Å². The van der Waals surface area contributed by atoms with Gasteiger partial charge in [-0.2, -0.15) is 0 Å². The summed E-state index contributed by atoms with van der Waals surface area (Å²) < 4.78 is 0. The van der Waals surface area contributed by atoms with E-state index in [1.807, 2.05) is 12.1 Å². The topological polar surface area (TPSA) is 52.7 Å². The summed E-state index contributed by atoms with van der Waals surface area (Å²) in [4.78, 5) is 4.76. The van der Waals surface area contributed by atoms with Gasteiger partial charge in [0.25, 0.3) is 0 Å². The van der Waals surface area contributed by atoms with E-state index >= 15 is 0 Å². The van der Waals surface area contributed by atoms with Crippen molar-refractivity contribution >= 4 is 11.4 Å². The van der Waals surface area contributed by atoms with Crippen LogP contribution in [-0.2, 0) is 0 Å². The third-order valence-electron chi connectivity index (χ3n) is 3.73. The van der Waals surface area contributed by atoms with Crippen molar-refractivity contribution in [1.82, 2.24) is 4.90 Å². The van der Waals surface area contributed by atoms with Gasteiger partial charge in [0, 0.05) is 37.1 Å². The van der Waals surface area contributed by atoms with Crippen molar-refractivity contribution in [3.05, 3.63) is 24.3 Å².